The van der Waals surface area contributed by atoms with Gasteiger partial charge in [-0.25, -0.2) is 9.18 Å². The van der Waals surface area contributed by atoms with Crippen molar-refractivity contribution in [1.82, 2.24) is 0 Å². The Kier molecular flexibility index (Phi) is 5.09. The molecule has 0 radical (unpaired) electrons. The summed E-state index contributed by atoms with van der Waals surface area (Å²) in [5.74, 6) is -1.17. The number of benzene rings is 2. The first kappa shape index (κ1) is 17.1. The molecule has 1 unspecified atom stereocenters. The molecular weight excluding hydrogens is 323 g/mol. The molecule has 2 aromatic rings. The number of rotatable bonds is 4. The van der Waals surface area contributed by atoms with Gasteiger partial charge in [0.05, 0.1) is 12.8 Å². The smallest absolute Gasteiger partial charge is 0.365 e. The highest BCUT2D eigenvalue weighted by Crippen LogP contribution is 2.15. The first-order valence-electron chi connectivity index (χ1n) is 8.12. The van der Waals surface area contributed by atoms with Gasteiger partial charge in [0, 0.05) is 12.0 Å². The van der Waals surface area contributed by atoms with Crippen molar-refractivity contribution in [2.24, 2.45) is 0 Å². The molecule has 0 bridgehead atoms. The summed E-state index contributed by atoms with van der Waals surface area (Å²) in [5, 5.41) is 2.57. The average molecular weight is 343 g/mol. The number of nitrogens with one attached hydrogen (secondary N) is 2. The fraction of sp³-hybridized carbons (Fsp3) is 0.263. The summed E-state index contributed by atoms with van der Waals surface area (Å²) in [4.78, 5) is 25.3. The molecule has 3 rings (SSSR count). The Morgan fingerprint density at radius 2 is 1.84 bits per heavy atom. The largest absolute Gasteiger partial charge is 0.465 e. The van der Waals surface area contributed by atoms with Crippen LogP contribution < -0.4 is 10.2 Å². The maximum Gasteiger partial charge on any atom is 0.365 e. The average Bonchev–Trinajstić information content (AvgIpc) is 2.62. The minimum absolute atomic E-state index is 0.0580. The van der Waals surface area contributed by atoms with Gasteiger partial charge in [-0.1, -0.05) is 36.4 Å². The van der Waals surface area contributed by atoms with Gasteiger partial charge in [0.2, 0.25) is 0 Å². The SMILES string of the molecule is COC(=O)[C@H]1Cc2ccccc2C[NH+]1CC(=O)Nc1ccccc1F. The van der Waals surface area contributed by atoms with Gasteiger partial charge in [-0.2, -0.15) is 0 Å². The van der Waals surface area contributed by atoms with Gasteiger partial charge in [-0.3, -0.25) is 4.79 Å². The van der Waals surface area contributed by atoms with Gasteiger partial charge in [0.15, 0.2) is 12.6 Å². The topological polar surface area (TPSA) is 59.8 Å². The number of amides is 1. The summed E-state index contributed by atoms with van der Waals surface area (Å²) in [6, 6.07) is 13.4. The van der Waals surface area contributed by atoms with Crippen LogP contribution in [0.2, 0.25) is 0 Å². The van der Waals surface area contributed by atoms with Gasteiger partial charge >= 0.3 is 5.97 Å². The fourth-order valence-corrected chi connectivity index (χ4v) is 3.20. The van der Waals surface area contributed by atoms with Crippen LogP contribution in [0.4, 0.5) is 10.1 Å². The van der Waals surface area contributed by atoms with E-state index >= 15 is 0 Å². The number of hydrogen-bond donors (Lipinski definition) is 2. The molecule has 2 aromatic carbocycles. The molecule has 5 nitrogen and oxygen atoms in total. The molecule has 0 aromatic heterocycles. The van der Waals surface area contributed by atoms with E-state index in [4.69, 9.17) is 4.74 Å². The lowest BCUT2D eigenvalue weighted by molar-refractivity contribution is -0.924. The molecule has 1 aliphatic rings. The van der Waals surface area contributed by atoms with Crippen molar-refractivity contribution in [3.63, 3.8) is 0 Å². The highest BCUT2D eigenvalue weighted by Gasteiger charge is 2.37. The van der Waals surface area contributed by atoms with E-state index in [0.29, 0.717) is 13.0 Å². The van der Waals surface area contributed by atoms with Crippen molar-refractivity contribution in [3.05, 3.63) is 65.5 Å². The molecule has 1 heterocycles. The van der Waals surface area contributed by atoms with Gasteiger partial charge in [0.1, 0.15) is 12.4 Å². The molecule has 2 N–H and O–H groups in total. The van der Waals surface area contributed by atoms with Crippen LogP contribution in [0.3, 0.4) is 0 Å². The van der Waals surface area contributed by atoms with Gasteiger partial charge in [-0.15, -0.1) is 0 Å². The highest BCUT2D eigenvalue weighted by atomic mass is 19.1. The maximum absolute atomic E-state index is 13.7. The lowest BCUT2D eigenvalue weighted by Crippen LogP contribution is -3.17. The zero-order chi connectivity index (χ0) is 17.8. The van der Waals surface area contributed by atoms with Crippen LogP contribution in [0.25, 0.3) is 0 Å². The predicted octanol–water partition coefficient (Wildman–Crippen LogP) is 0.947. The molecule has 1 aliphatic heterocycles. The van der Waals surface area contributed by atoms with Crippen molar-refractivity contribution in [3.8, 4) is 0 Å². The number of quaternary nitrogens is 1. The Morgan fingerprint density at radius 1 is 1.16 bits per heavy atom. The van der Waals surface area contributed by atoms with Crippen LogP contribution in [0.5, 0.6) is 0 Å². The third-order valence-electron chi connectivity index (χ3n) is 4.47. The summed E-state index contributed by atoms with van der Waals surface area (Å²) in [5.41, 5.74) is 2.34. The number of carbonyl (C=O) groups is 2. The summed E-state index contributed by atoms with van der Waals surface area (Å²) >= 11 is 0. The van der Waals surface area contributed by atoms with Crippen molar-refractivity contribution < 1.29 is 23.6 Å². The zero-order valence-electron chi connectivity index (χ0n) is 13.9. The minimum Gasteiger partial charge on any atom is -0.465 e. The number of halogens is 1. The number of esters is 1. The van der Waals surface area contributed by atoms with Crippen molar-refractivity contribution in [1.29, 1.82) is 0 Å². The Hall–Kier alpha value is -2.73. The highest BCUT2D eigenvalue weighted by molar-refractivity contribution is 5.91. The molecule has 0 fully saturated rings. The van der Waals surface area contributed by atoms with Crippen molar-refractivity contribution in [2.75, 3.05) is 19.0 Å². The number of fused-ring (bicyclic) bond motifs is 1. The van der Waals surface area contributed by atoms with Crippen LogP contribution in [0, 0.1) is 5.82 Å². The standard InChI is InChI=1S/C19H19FN2O3/c1-25-19(24)17-10-13-6-2-3-7-14(13)11-22(17)12-18(23)21-16-9-5-4-8-15(16)20/h2-9,17H,10-12H2,1H3,(H,21,23)/p+1/t17-/m1/s1. The second-order valence-electron chi connectivity index (χ2n) is 6.09. The zero-order valence-corrected chi connectivity index (χ0v) is 13.9. The van der Waals surface area contributed by atoms with Crippen LogP contribution in [-0.4, -0.2) is 31.6 Å². The van der Waals surface area contributed by atoms with Crippen LogP contribution >= 0.6 is 0 Å². The van der Waals surface area contributed by atoms with E-state index in [2.05, 4.69) is 5.32 Å². The first-order chi connectivity index (χ1) is 12.1. The molecule has 0 saturated carbocycles. The predicted molar refractivity (Wildman–Crippen MR) is 90.5 cm³/mol. The first-order valence-corrected chi connectivity index (χ1v) is 8.12. The summed E-state index contributed by atoms with van der Waals surface area (Å²) < 4.78 is 18.6. The Balaban J connectivity index is 1.75. The number of carbonyl (C=O) groups excluding carboxylic acids is 2. The number of para-hydroxylation sites is 1. The van der Waals surface area contributed by atoms with E-state index in [1.165, 1.54) is 19.2 Å². The van der Waals surface area contributed by atoms with Crippen LogP contribution in [0.1, 0.15) is 11.1 Å². The van der Waals surface area contributed by atoms with E-state index < -0.39 is 11.9 Å². The maximum atomic E-state index is 13.7. The molecule has 0 saturated heterocycles. The van der Waals surface area contributed by atoms with E-state index in [1.807, 2.05) is 24.3 Å². The Bertz CT molecular complexity index is 794. The van der Waals surface area contributed by atoms with E-state index in [9.17, 15) is 14.0 Å². The van der Waals surface area contributed by atoms with E-state index in [-0.39, 0.29) is 24.1 Å². The molecule has 1 amide bonds. The molecular formula is C19H20FN2O3+. The molecule has 130 valence electrons. The third kappa shape index (κ3) is 3.85. The Labute approximate surface area is 145 Å². The van der Waals surface area contributed by atoms with Gasteiger partial charge in [0.25, 0.3) is 5.91 Å². The van der Waals surface area contributed by atoms with E-state index in [1.54, 1.807) is 12.1 Å². The quantitative estimate of drug-likeness (QED) is 0.813. The second kappa shape index (κ2) is 7.44. The van der Waals surface area contributed by atoms with Crippen LogP contribution in [-0.2, 0) is 27.3 Å². The fourth-order valence-electron chi connectivity index (χ4n) is 3.20. The summed E-state index contributed by atoms with van der Waals surface area (Å²) in [6.07, 6.45) is 0.519. The molecule has 0 aliphatic carbocycles. The number of methoxy groups -OCH3 is 1. The lowest BCUT2D eigenvalue weighted by atomic mass is 9.94. The molecule has 0 spiro atoms. The van der Waals surface area contributed by atoms with E-state index in [0.717, 1.165) is 16.0 Å². The summed E-state index contributed by atoms with van der Waals surface area (Å²) in [7, 11) is 1.35. The molecule has 25 heavy (non-hydrogen) atoms. The second-order valence-corrected chi connectivity index (χ2v) is 6.09. The number of anilines is 1. The van der Waals surface area contributed by atoms with Crippen molar-refractivity contribution >= 4 is 17.6 Å². The third-order valence-corrected chi connectivity index (χ3v) is 4.47. The summed E-state index contributed by atoms with van der Waals surface area (Å²) in [6.45, 7) is 0.600. The Morgan fingerprint density at radius 3 is 2.56 bits per heavy atom. The van der Waals surface area contributed by atoms with Crippen molar-refractivity contribution in [2.45, 2.75) is 19.0 Å². The molecule has 2 atom stereocenters. The monoisotopic (exact) mass is 343 g/mol. The lowest BCUT2D eigenvalue weighted by Gasteiger charge is -2.31. The number of ether oxygens (including phenoxy) is 1. The molecule has 6 heteroatoms. The minimum atomic E-state index is -0.487. The van der Waals surface area contributed by atoms with Gasteiger partial charge in [-0.05, 0) is 17.7 Å². The van der Waals surface area contributed by atoms with Crippen LogP contribution in [0.15, 0.2) is 48.5 Å². The number of hydrogen-bond acceptors (Lipinski definition) is 3. The normalized spacial score (nSPS) is 19.0. The van der Waals surface area contributed by atoms with Gasteiger partial charge < -0.3 is 15.0 Å².